The van der Waals surface area contributed by atoms with E-state index >= 15 is 0 Å². The van der Waals surface area contributed by atoms with Crippen molar-refractivity contribution in [1.82, 2.24) is 15.2 Å². The van der Waals surface area contributed by atoms with E-state index in [2.05, 4.69) is 37.9 Å². The summed E-state index contributed by atoms with van der Waals surface area (Å²) in [6.45, 7) is 12.8. The Labute approximate surface area is 194 Å². The minimum Gasteiger partial charge on any atom is -0.352 e. The number of halogens is 1. The predicted octanol–water partition coefficient (Wildman–Crippen LogP) is 6.35. The number of aromatic nitrogens is 1. The molecule has 0 aliphatic carbocycles. The van der Waals surface area contributed by atoms with Gasteiger partial charge in [-0.15, -0.1) is 11.3 Å². The van der Waals surface area contributed by atoms with Crippen LogP contribution in [-0.2, 0) is 0 Å². The number of fused-ring (bicyclic) bond motifs is 1. The van der Waals surface area contributed by atoms with Crippen LogP contribution in [0.5, 0.6) is 0 Å². The molecule has 0 bridgehead atoms. The molecule has 1 amide bonds. The van der Waals surface area contributed by atoms with Gasteiger partial charge in [-0.25, -0.2) is 4.98 Å². The van der Waals surface area contributed by atoms with Crippen LogP contribution in [0.1, 0.15) is 44.5 Å². The largest absolute Gasteiger partial charge is 0.352 e. The van der Waals surface area contributed by atoms with Gasteiger partial charge in [-0.3, -0.25) is 4.79 Å². The maximum atomic E-state index is 13.1. The predicted molar refractivity (Wildman–Crippen MR) is 133 cm³/mol. The van der Waals surface area contributed by atoms with Crippen molar-refractivity contribution in [3.05, 3.63) is 52.4 Å². The van der Waals surface area contributed by atoms with Crippen molar-refractivity contribution in [3.63, 3.8) is 0 Å². The summed E-state index contributed by atoms with van der Waals surface area (Å²) in [5.74, 6) is 1.23. The lowest BCUT2D eigenvalue weighted by molar-refractivity contribution is 0.0952. The van der Waals surface area contributed by atoms with Gasteiger partial charge in [-0.2, -0.15) is 0 Å². The Morgan fingerprint density at radius 2 is 1.81 bits per heavy atom. The molecule has 0 saturated carbocycles. The van der Waals surface area contributed by atoms with Crippen LogP contribution in [0.3, 0.4) is 0 Å². The van der Waals surface area contributed by atoms with Crippen LogP contribution in [0.2, 0.25) is 4.34 Å². The zero-order valence-electron chi connectivity index (χ0n) is 18.8. The molecule has 2 heterocycles. The number of carbonyl (C=O) groups is 1. The van der Waals surface area contributed by atoms with E-state index in [-0.39, 0.29) is 5.91 Å². The van der Waals surface area contributed by atoms with Crippen LogP contribution >= 0.6 is 22.9 Å². The van der Waals surface area contributed by atoms with E-state index in [1.54, 1.807) is 0 Å². The molecule has 31 heavy (non-hydrogen) atoms. The van der Waals surface area contributed by atoms with E-state index in [9.17, 15) is 4.79 Å². The molecule has 3 aromatic rings. The number of carbonyl (C=O) groups excluding carboxylic acids is 1. The first-order chi connectivity index (χ1) is 14.8. The zero-order chi connectivity index (χ0) is 22.4. The van der Waals surface area contributed by atoms with Gasteiger partial charge in [0.15, 0.2) is 0 Å². The average molecular weight is 458 g/mol. The Balaban J connectivity index is 1.70. The summed E-state index contributed by atoms with van der Waals surface area (Å²) in [4.78, 5) is 21.3. The van der Waals surface area contributed by atoms with Crippen LogP contribution in [0.25, 0.3) is 21.5 Å². The van der Waals surface area contributed by atoms with Gasteiger partial charge in [0.1, 0.15) is 0 Å². The van der Waals surface area contributed by atoms with Gasteiger partial charge in [0.05, 0.1) is 26.0 Å². The molecule has 2 aromatic heterocycles. The molecule has 166 valence electrons. The smallest absolute Gasteiger partial charge is 0.252 e. The Kier molecular flexibility index (Phi) is 8.47. The fourth-order valence-corrected chi connectivity index (χ4v) is 4.83. The van der Waals surface area contributed by atoms with E-state index in [0.717, 1.165) is 47.5 Å². The van der Waals surface area contributed by atoms with Crippen molar-refractivity contribution in [2.45, 2.75) is 34.1 Å². The highest BCUT2D eigenvalue weighted by molar-refractivity contribution is 7.19. The van der Waals surface area contributed by atoms with Crippen LogP contribution in [0.4, 0.5) is 0 Å². The number of thiophene rings is 1. The molecule has 4 nitrogen and oxygen atoms in total. The van der Waals surface area contributed by atoms with Crippen molar-refractivity contribution in [2.75, 3.05) is 26.2 Å². The van der Waals surface area contributed by atoms with Gasteiger partial charge in [0, 0.05) is 25.0 Å². The summed E-state index contributed by atoms with van der Waals surface area (Å²) < 4.78 is 0.711. The summed E-state index contributed by atoms with van der Waals surface area (Å²) in [6.07, 6.45) is 0.932. The SMILES string of the molecule is CC(C)CN(CCCNC(=O)c1cc(-c2ccc(Cl)s2)nc2ccccc12)CC(C)C. The quantitative estimate of drug-likeness (QED) is 0.361. The highest BCUT2D eigenvalue weighted by Gasteiger charge is 2.15. The van der Waals surface area contributed by atoms with Gasteiger partial charge in [-0.05, 0) is 49.1 Å². The first-order valence-corrected chi connectivity index (χ1v) is 12.2. The lowest BCUT2D eigenvalue weighted by Crippen LogP contribution is -2.34. The molecule has 0 atom stereocenters. The monoisotopic (exact) mass is 457 g/mol. The van der Waals surface area contributed by atoms with E-state index in [0.29, 0.717) is 28.3 Å². The second-order valence-electron chi connectivity index (χ2n) is 8.83. The second kappa shape index (κ2) is 11.1. The minimum absolute atomic E-state index is 0.0539. The molecular formula is C25H32ClN3OS. The van der Waals surface area contributed by atoms with Crippen molar-refractivity contribution in [2.24, 2.45) is 11.8 Å². The Bertz CT molecular complexity index is 1000. The maximum absolute atomic E-state index is 13.1. The number of pyridine rings is 1. The van der Waals surface area contributed by atoms with E-state index in [1.165, 1.54) is 11.3 Å². The summed E-state index contributed by atoms with van der Waals surface area (Å²) in [6, 6.07) is 13.5. The third kappa shape index (κ3) is 6.76. The van der Waals surface area contributed by atoms with Crippen LogP contribution in [0.15, 0.2) is 42.5 Å². The molecule has 0 spiro atoms. The second-order valence-corrected chi connectivity index (χ2v) is 10.5. The molecule has 0 saturated heterocycles. The molecule has 3 rings (SSSR count). The number of nitrogens with zero attached hydrogens (tertiary/aromatic N) is 2. The minimum atomic E-state index is -0.0539. The van der Waals surface area contributed by atoms with Gasteiger partial charge in [-0.1, -0.05) is 57.5 Å². The van der Waals surface area contributed by atoms with E-state index in [4.69, 9.17) is 16.6 Å². The van der Waals surface area contributed by atoms with Crippen molar-refractivity contribution >= 4 is 39.7 Å². The first-order valence-electron chi connectivity index (χ1n) is 11.0. The summed E-state index contributed by atoms with van der Waals surface area (Å²) in [5.41, 5.74) is 2.25. The van der Waals surface area contributed by atoms with Gasteiger partial charge >= 0.3 is 0 Å². The molecule has 1 aromatic carbocycles. The molecule has 6 heteroatoms. The number of para-hydroxylation sites is 1. The van der Waals surface area contributed by atoms with Gasteiger partial charge in [0.2, 0.25) is 0 Å². The third-order valence-corrected chi connectivity index (χ3v) is 6.22. The first kappa shape index (κ1) is 23.7. The maximum Gasteiger partial charge on any atom is 0.252 e. The number of hydrogen-bond acceptors (Lipinski definition) is 4. The zero-order valence-corrected chi connectivity index (χ0v) is 20.4. The summed E-state index contributed by atoms with van der Waals surface area (Å²) in [7, 11) is 0. The fourth-order valence-electron chi connectivity index (χ4n) is 3.83. The molecule has 0 unspecified atom stereocenters. The van der Waals surface area contributed by atoms with Crippen LogP contribution in [0, 0.1) is 11.8 Å². The summed E-state index contributed by atoms with van der Waals surface area (Å²) in [5, 5.41) is 3.99. The fraction of sp³-hybridized carbons (Fsp3) is 0.440. The van der Waals surface area contributed by atoms with E-state index in [1.807, 2.05) is 42.5 Å². The molecule has 0 radical (unpaired) electrons. The normalized spacial score (nSPS) is 11.7. The van der Waals surface area contributed by atoms with Crippen LogP contribution in [-0.4, -0.2) is 42.0 Å². The molecule has 0 aliphatic heterocycles. The molecule has 0 fully saturated rings. The van der Waals surface area contributed by atoms with Gasteiger partial charge in [0.25, 0.3) is 5.91 Å². The number of hydrogen-bond donors (Lipinski definition) is 1. The third-order valence-electron chi connectivity index (χ3n) is 4.97. The van der Waals surface area contributed by atoms with Gasteiger partial charge < -0.3 is 10.2 Å². The Hall–Kier alpha value is -1.95. The lowest BCUT2D eigenvalue weighted by Gasteiger charge is -2.26. The highest BCUT2D eigenvalue weighted by Crippen LogP contribution is 2.32. The number of nitrogens with one attached hydrogen (secondary N) is 1. The standard InChI is InChI=1S/C25H32ClN3OS/c1-17(2)15-29(16-18(3)4)13-7-12-27-25(30)20-14-22(23-10-11-24(26)31-23)28-21-9-6-5-8-19(20)21/h5-6,8-11,14,17-18H,7,12-13,15-16H2,1-4H3,(H,27,30). The molecule has 1 N–H and O–H groups in total. The number of rotatable bonds is 10. The molecular weight excluding hydrogens is 426 g/mol. The van der Waals surface area contributed by atoms with Crippen LogP contribution < -0.4 is 5.32 Å². The van der Waals surface area contributed by atoms with Crippen molar-refractivity contribution < 1.29 is 4.79 Å². The average Bonchev–Trinajstić information content (AvgIpc) is 3.15. The Morgan fingerprint density at radius 3 is 2.45 bits per heavy atom. The Morgan fingerprint density at radius 1 is 1.10 bits per heavy atom. The summed E-state index contributed by atoms with van der Waals surface area (Å²) >= 11 is 7.58. The van der Waals surface area contributed by atoms with E-state index < -0.39 is 0 Å². The highest BCUT2D eigenvalue weighted by atomic mass is 35.5. The number of amides is 1. The molecule has 0 aliphatic rings. The van der Waals surface area contributed by atoms with Crippen molar-refractivity contribution in [3.8, 4) is 10.6 Å². The lowest BCUT2D eigenvalue weighted by atomic mass is 10.1. The number of benzene rings is 1. The topological polar surface area (TPSA) is 45.2 Å². The van der Waals surface area contributed by atoms with Crippen molar-refractivity contribution in [1.29, 1.82) is 0 Å².